The van der Waals surface area contributed by atoms with Crippen LogP contribution in [-0.2, 0) is 4.74 Å². The molecule has 2 atom stereocenters. The van der Waals surface area contributed by atoms with Crippen molar-refractivity contribution in [2.24, 2.45) is 0 Å². The summed E-state index contributed by atoms with van der Waals surface area (Å²) in [6, 6.07) is 5.37. The largest absolute Gasteiger partial charge is 0.374 e. The van der Waals surface area contributed by atoms with Crippen molar-refractivity contribution in [2.45, 2.75) is 19.1 Å². The minimum Gasteiger partial charge on any atom is -0.374 e. The number of nitrogens with one attached hydrogen (secondary N) is 1. The van der Waals surface area contributed by atoms with Gasteiger partial charge in [0.05, 0.1) is 18.8 Å². The van der Waals surface area contributed by atoms with Gasteiger partial charge in [0.15, 0.2) is 0 Å². The molecule has 0 aliphatic carbocycles. The summed E-state index contributed by atoms with van der Waals surface area (Å²) in [7, 11) is 4.01. The summed E-state index contributed by atoms with van der Waals surface area (Å²) in [5.74, 6) is -0.157. The van der Waals surface area contributed by atoms with Crippen LogP contribution in [0.15, 0.2) is 18.2 Å². The summed E-state index contributed by atoms with van der Waals surface area (Å²) in [6.07, 6.45) is 0.110. The van der Waals surface area contributed by atoms with Crippen molar-refractivity contribution in [2.75, 3.05) is 33.8 Å². The first-order chi connectivity index (χ1) is 8.61. The fraction of sp³-hybridized carbons (Fsp3) is 0.571. The van der Waals surface area contributed by atoms with Crippen LogP contribution >= 0.6 is 0 Å². The van der Waals surface area contributed by atoms with Gasteiger partial charge in [-0.2, -0.15) is 0 Å². The molecule has 18 heavy (non-hydrogen) atoms. The van der Waals surface area contributed by atoms with Crippen molar-refractivity contribution in [3.8, 4) is 0 Å². The lowest BCUT2D eigenvalue weighted by atomic mass is 9.98. The van der Waals surface area contributed by atoms with Crippen molar-refractivity contribution in [3.05, 3.63) is 35.1 Å². The number of ether oxygens (including phenoxy) is 1. The van der Waals surface area contributed by atoms with Gasteiger partial charge in [-0.3, -0.25) is 0 Å². The minimum atomic E-state index is -0.157. The molecule has 1 N–H and O–H groups in total. The van der Waals surface area contributed by atoms with Gasteiger partial charge >= 0.3 is 0 Å². The molecule has 2 rings (SSSR count). The zero-order valence-corrected chi connectivity index (χ0v) is 11.2. The van der Waals surface area contributed by atoms with Gasteiger partial charge in [0.2, 0.25) is 0 Å². The molecule has 1 aromatic carbocycles. The van der Waals surface area contributed by atoms with E-state index in [1.807, 2.05) is 19.2 Å². The first kappa shape index (κ1) is 13.5. The molecule has 0 bridgehead atoms. The SMILES string of the molecule is CNC(c1ccc(F)c(C)c1)C1CN(C)CCO1. The van der Waals surface area contributed by atoms with Gasteiger partial charge in [0.1, 0.15) is 5.82 Å². The second-order valence-corrected chi connectivity index (χ2v) is 4.95. The highest BCUT2D eigenvalue weighted by atomic mass is 19.1. The van der Waals surface area contributed by atoms with Crippen LogP contribution in [0.3, 0.4) is 0 Å². The molecule has 1 aliphatic rings. The molecule has 3 nitrogen and oxygen atoms in total. The Morgan fingerprint density at radius 2 is 2.28 bits per heavy atom. The maximum Gasteiger partial charge on any atom is 0.126 e. The van der Waals surface area contributed by atoms with Crippen molar-refractivity contribution in [1.29, 1.82) is 0 Å². The molecule has 0 saturated carbocycles. The molecule has 1 heterocycles. The van der Waals surface area contributed by atoms with E-state index in [1.165, 1.54) is 6.07 Å². The maximum atomic E-state index is 13.3. The highest BCUT2D eigenvalue weighted by molar-refractivity contribution is 5.27. The third-order valence-corrected chi connectivity index (χ3v) is 3.52. The Morgan fingerprint density at radius 1 is 1.50 bits per heavy atom. The van der Waals surface area contributed by atoms with E-state index in [1.54, 1.807) is 6.92 Å². The highest BCUT2D eigenvalue weighted by Gasteiger charge is 2.27. The fourth-order valence-electron chi connectivity index (χ4n) is 2.44. The Hall–Kier alpha value is -0.970. The fourth-order valence-corrected chi connectivity index (χ4v) is 2.44. The summed E-state index contributed by atoms with van der Waals surface area (Å²) < 4.78 is 19.1. The number of likely N-dealkylation sites (N-methyl/N-ethyl adjacent to an activating group) is 2. The van der Waals surface area contributed by atoms with Gasteiger partial charge in [-0.05, 0) is 38.2 Å². The highest BCUT2D eigenvalue weighted by Crippen LogP contribution is 2.23. The number of rotatable bonds is 3. The third-order valence-electron chi connectivity index (χ3n) is 3.52. The molecule has 100 valence electrons. The van der Waals surface area contributed by atoms with Crippen molar-refractivity contribution in [1.82, 2.24) is 10.2 Å². The number of hydrogen-bond acceptors (Lipinski definition) is 3. The lowest BCUT2D eigenvalue weighted by Crippen LogP contribution is -2.46. The zero-order valence-electron chi connectivity index (χ0n) is 11.2. The van der Waals surface area contributed by atoms with E-state index in [4.69, 9.17) is 4.74 Å². The van der Waals surface area contributed by atoms with Crippen molar-refractivity contribution in [3.63, 3.8) is 0 Å². The van der Waals surface area contributed by atoms with Gasteiger partial charge in [-0.1, -0.05) is 12.1 Å². The number of aryl methyl sites for hydroxylation is 1. The Labute approximate surface area is 108 Å². The van der Waals surface area contributed by atoms with Crippen LogP contribution < -0.4 is 5.32 Å². The normalized spacial score (nSPS) is 23.0. The van der Waals surface area contributed by atoms with E-state index < -0.39 is 0 Å². The van der Waals surface area contributed by atoms with Crippen LogP contribution in [0.5, 0.6) is 0 Å². The van der Waals surface area contributed by atoms with Gasteiger partial charge in [0.25, 0.3) is 0 Å². The van der Waals surface area contributed by atoms with Gasteiger partial charge in [-0.15, -0.1) is 0 Å². The molecular weight excluding hydrogens is 231 g/mol. The predicted molar refractivity (Wildman–Crippen MR) is 70.2 cm³/mol. The standard InChI is InChI=1S/C14H21FN2O/c1-10-8-11(4-5-12(10)15)14(16-2)13-9-17(3)6-7-18-13/h4-5,8,13-14,16H,6-7,9H2,1-3H3. The van der Waals surface area contributed by atoms with Crippen LogP contribution in [-0.4, -0.2) is 44.8 Å². The lowest BCUT2D eigenvalue weighted by Gasteiger charge is -2.35. The summed E-state index contributed by atoms with van der Waals surface area (Å²) in [6.45, 7) is 4.40. The van der Waals surface area contributed by atoms with E-state index in [2.05, 4.69) is 17.3 Å². The van der Waals surface area contributed by atoms with Crippen LogP contribution in [0.1, 0.15) is 17.2 Å². The van der Waals surface area contributed by atoms with Crippen LogP contribution in [0.25, 0.3) is 0 Å². The van der Waals surface area contributed by atoms with E-state index in [9.17, 15) is 4.39 Å². The molecular formula is C14H21FN2O. The second-order valence-electron chi connectivity index (χ2n) is 4.95. The van der Waals surface area contributed by atoms with Crippen molar-refractivity contribution >= 4 is 0 Å². The molecule has 0 spiro atoms. The summed E-state index contributed by atoms with van der Waals surface area (Å²) in [4.78, 5) is 2.26. The molecule has 1 fully saturated rings. The lowest BCUT2D eigenvalue weighted by molar-refractivity contribution is -0.0380. The summed E-state index contributed by atoms with van der Waals surface area (Å²) >= 11 is 0. The number of hydrogen-bond donors (Lipinski definition) is 1. The molecule has 0 amide bonds. The Bertz CT molecular complexity index is 411. The van der Waals surface area contributed by atoms with Gasteiger partial charge in [-0.25, -0.2) is 4.39 Å². The average Bonchev–Trinajstić information content (AvgIpc) is 2.35. The molecule has 0 radical (unpaired) electrons. The van der Waals surface area contributed by atoms with Crippen LogP contribution in [0.2, 0.25) is 0 Å². The molecule has 2 unspecified atom stereocenters. The Morgan fingerprint density at radius 3 is 2.89 bits per heavy atom. The first-order valence-electron chi connectivity index (χ1n) is 6.35. The number of morpholine rings is 1. The Kier molecular flexibility index (Phi) is 4.32. The minimum absolute atomic E-state index is 0.104. The van der Waals surface area contributed by atoms with E-state index in [0.717, 1.165) is 25.3 Å². The zero-order chi connectivity index (χ0) is 13.1. The average molecular weight is 252 g/mol. The topological polar surface area (TPSA) is 24.5 Å². The van der Waals surface area contributed by atoms with Crippen LogP contribution in [0.4, 0.5) is 4.39 Å². The van der Waals surface area contributed by atoms with E-state index in [-0.39, 0.29) is 18.0 Å². The maximum absolute atomic E-state index is 13.3. The van der Waals surface area contributed by atoms with E-state index in [0.29, 0.717) is 5.56 Å². The molecule has 1 aromatic rings. The molecule has 4 heteroatoms. The first-order valence-corrected chi connectivity index (χ1v) is 6.35. The third kappa shape index (κ3) is 2.88. The van der Waals surface area contributed by atoms with Gasteiger partial charge in [0, 0.05) is 13.1 Å². The van der Waals surface area contributed by atoms with Crippen LogP contribution in [0, 0.1) is 12.7 Å². The van der Waals surface area contributed by atoms with Gasteiger partial charge < -0.3 is 15.0 Å². The monoisotopic (exact) mass is 252 g/mol. The summed E-state index contributed by atoms with van der Waals surface area (Å²) in [5.41, 5.74) is 1.76. The molecule has 1 saturated heterocycles. The van der Waals surface area contributed by atoms with Crippen molar-refractivity contribution < 1.29 is 9.13 Å². The number of nitrogens with zero attached hydrogens (tertiary/aromatic N) is 1. The smallest absolute Gasteiger partial charge is 0.126 e. The van der Waals surface area contributed by atoms with E-state index >= 15 is 0 Å². The number of benzene rings is 1. The summed E-state index contributed by atoms with van der Waals surface area (Å²) in [5, 5.41) is 3.28. The number of halogens is 1. The molecule has 1 aliphatic heterocycles. The quantitative estimate of drug-likeness (QED) is 0.886. The Balaban J connectivity index is 2.18. The molecule has 0 aromatic heterocycles. The predicted octanol–water partition coefficient (Wildman–Crippen LogP) is 1.73. The second kappa shape index (κ2) is 5.78.